The quantitative estimate of drug-likeness (QED) is 0.870. The van der Waals surface area contributed by atoms with Crippen LogP contribution >= 0.6 is 0 Å². The lowest BCUT2D eigenvalue weighted by molar-refractivity contribution is 0.0949. The van der Waals surface area contributed by atoms with Crippen LogP contribution in [0.2, 0.25) is 0 Å². The predicted octanol–water partition coefficient (Wildman–Crippen LogP) is 1.32. The first-order chi connectivity index (χ1) is 9.06. The molecule has 0 aromatic carbocycles. The minimum Gasteiger partial charge on any atom is -0.364 e. The van der Waals surface area contributed by atoms with Crippen LogP contribution < -0.4 is 10.7 Å². The maximum absolute atomic E-state index is 11.9. The van der Waals surface area contributed by atoms with E-state index in [1.54, 1.807) is 6.92 Å². The summed E-state index contributed by atoms with van der Waals surface area (Å²) in [7, 11) is 0. The molecule has 0 saturated carbocycles. The fourth-order valence-corrected chi connectivity index (χ4v) is 1.71. The van der Waals surface area contributed by atoms with Crippen molar-refractivity contribution in [2.45, 2.75) is 20.4 Å². The van der Waals surface area contributed by atoms with E-state index < -0.39 is 5.91 Å². The van der Waals surface area contributed by atoms with Crippen LogP contribution in [-0.2, 0) is 6.54 Å². The molecule has 0 atom stereocenters. The molecule has 0 radical (unpaired) electrons. The van der Waals surface area contributed by atoms with E-state index in [-0.39, 0.29) is 11.0 Å². The number of carbonyl (C=O) groups is 1. The Balaban J connectivity index is 2.07. The predicted molar refractivity (Wildman–Crippen MR) is 71.9 cm³/mol. The molecule has 0 aliphatic rings. The number of aromatic nitrogens is 2. The number of aryl methyl sites for hydroxylation is 2. The molecule has 2 aromatic heterocycles. The second kappa shape index (κ2) is 5.48. The molecule has 1 amide bonds. The molecule has 2 heterocycles. The fourth-order valence-electron chi connectivity index (χ4n) is 1.71. The van der Waals surface area contributed by atoms with Crippen LogP contribution in [0.4, 0.5) is 0 Å². The summed E-state index contributed by atoms with van der Waals surface area (Å²) in [6.07, 6.45) is 1.43. The Kier molecular flexibility index (Phi) is 3.75. The fraction of sp³-hybridized carbons (Fsp3) is 0.214. The molecule has 0 spiro atoms. The van der Waals surface area contributed by atoms with Gasteiger partial charge in [0.05, 0.1) is 12.2 Å². The van der Waals surface area contributed by atoms with Gasteiger partial charge in [-0.2, -0.15) is 0 Å². The maximum Gasteiger partial charge on any atom is 0.257 e. The second-order valence-electron chi connectivity index (χ2n) is 4.35. The molecule has 2 N–H and O–H groups in total. The average molecular weight is 257 g/mol. The molecule has 0 aliphatic heterocycles. The summed E-state index contributed by atoms with van der Waals surface area (Å²) in [5.41, 5.74) is 2.20. The number of rotatable bonds is 3. The third kappa shape index (κ3) is 3.28. The van der Waals surface area contributed by atoms with Crippen molar-refractivity contribution >= 4 is 5.91 Å². The molecule has 2 aromatic rings. The van der Waals surface area contributed by atoms with Gasteiger partial charge in [0.25, 0.3) is 5.91 Å². The summed E-state index contributed by atoms with van der Waals surface area (Å²) < 4.78 is 0. The Bertz CT molecular complexity index is 662. The third-order valence-electron chi connectivity index (χ3n) is 2.68. The first-order valence-corrected chi connectivity index (χ1v) is 5.96. The van der Waals surface area contributed by atoms with Crippen molar-refractivity contribution in [3.8, 4) is 0 Å². The van der Waals surface area contributed by atoms with Crippen LogP contribution in [-0.4, -0.2) is 15.9 Å². The number of pyridine rings is 2. The zero-order valence-electron chi connectivity index (χ0n) is 10.9. The first kappa shape index (κ1) is 13.0. The van der Waals surface area contributed by atoms with E-state index in [1.165, 1.54) is 12.3 Å². The molecule has 98 valence electrons. The molecular formula is C14H15N3O2. The highest BCUT2D eigenvalue weighted by atomic mass is 16.2. The Hall–Kier alpha value is -2.43. The minimum absolute atomic E-state index is 0.109. The van der Waals surface area contributed by atoms with Gasteiger partial charge < -0.3 is 10.3 Å². The summed E-state index contributed by atoms with van der Waals surface area (Å²) in [6, 6.07) is 6.99. The molecule has 0 saturated heterocycles. The maximum atomic E-state index is 11.9. The normalized spacial score (nSPS) is 10.2. The molecule has 0 fully saturated rings. The molecule has 0 bridgehead atoms. The van der Waals surface area contributed by atoms with Crippen molar-refractivity contribution in [3.63, 3.8) is 0 Å². The first-order valence-electron chi connectivity index (χ1n) is 5.96. The Morgan fingerprint density at radius 1 is 1.37 bits per heavy atom. The van der Waals surface area contributed by atoms with Crippen molar-refractivity contribution < 1.29 is 4.79 Å². The van der Waals surface area contributed by atoms with Gasteiger partial charge in [0.2, 0.25) is 0 Å². The van der Waals surface area contributed by atoms with Gasteiger partial charge in [-0.1, -0.05) is 6.07 Å². The van der Waals surface area contributed by atoms with Crippen molar-refractivity contribution in [1.82, 2.24) is 15.3 Å². The molecule has 0 unspecified atom stereocenters. The molecule has 0 aliphatic carbocycles. The van der Waals surface area contributed by atoms with Crippen molar-refractivity contribution in [3.05, 3.63) is 63.3 Å². The summed E-state index contributed by atoms with van der Waals surface area (Å²) in [6.45, 7) is 3.95. The van der Waals surface area contributed by atoms with Crippen molar-refractivity contribution in [2.24, 2.45) is 0 Å². The SMILES string of the molecule is Cc1cccc(CNC(=O)c2c[nH]c(C)cc2=O)n1. The zero-order chi connectivity index (χ0) is 13.8. The number of nitrogens with one attached hydrogen (secondary N) is 2. The van der Waals surface area contributed by atoms with E-state index in [1.807, 2.05) is 25.1 Å². The highest BCUT2D eigenvalue weighted by Gasteiger charge is 2.09. The van der Waals surface area contributed by atoms with Crippen LogP contribution in [0.3, 0.4) is 0 Å². The Labute approximate surface area is 110 Å². The van der Waals surface area contributed by atoms with Gasteiger partial charge in [0, 0.05) is 23.7 Å². The number of aromatic amines is 1. The summed E-state index contributed by atoms with van der Waals surface area (Å²) in [5.74, 6) is -0.399. The van der Waals surface area contributed by atoms with Gasteiger partial charge in [-0.05, 0) is 26.0 Å². The Morgan fingerprint density at radius 2 is 2.16 bits per heavy atom. The van der Waals surface area contributed by atoms with Crippen LogP contribution in [0.25, 0.3) is 0 Å². The third-order valence-corrected chi connectivity index (χ3v) is 2.68. The van der Waals surface area contributed by atoms with Gasteiger partial charge in [-0.3, -0.25) is 14.6 Å². The van der Waals surface area contributed by atoms with E-state index >= 15 is 0 Å². The number of nitrogens with zero attached hydrogens (tertiary/aromatic N) is 1. The largest absolute Gasteiger partial charge is 0.364 e. The van der Waals surface area contributed by atoms with Gasteiger partial charge >= 0.3 is 0 Å². The van der Waals surface area contributed by atoms with Crippen molar-refractivity contribution in [2.75, 3.05) is 0 Å². The smallest absolute Gasteiger partial charge is 0.257 e. The lowest BCUT2D eigenvalue weighted by Gasteiger charge is -2.05. The van der Waals surface area contributed by atoms with E-state index in [0.29, 0.717) is 6.54 Å². The van der Waals surface area contributed by atoms with E-state index in [0.717, 1.165) is 17.1 Å². The summed E-state index contributed by atoms with van der Waals surface area (Å²) >= 11 is 0. The Morgan fingerprint density at radius 3 is 2.84 bits per heavy atom. The number of hydrogen-bond acceptors (Lipinski definition) is 3. The van der Waals surface area contributed by atoms with Gasteiger partial charge in [-0.25, -0.2) is 0 Å². The van der Waals surface area contributed by atoms with Crippen LogP contribution in [0.5, 0.6) is 0 Å². The van der Waals surface area contributed by atoms with E-state index in [9.17, 15) is 9.59 Å². The number of amides is 1. The number of carbonyl (C=O) groups excluding carboxylic acids is 1. The van der Waals surface area contributed by atoms with E-state index in [4.69, 9.17) is 0 Å². The summed E-state index contributed by atoms with van der Waals surface area (Å²) in [5, 5.41) is 2.68. The molecule has 19 heavy (non-hydrogen) atoms. The second-order valence-corrected chi connectivity index (χ2v) is 4.35. The van der Waals surface area contributed by atoms with Gasteiger partial charge in [0.15, 0.2) is 5.43 Å². The standard InChI is InChI=1S/C14H15N3O2/c1-9-4-3-5-11(17-9)7-16-14(19)12-8-15-10(2)6-13(12)18/h3-6,8H,7H2,1-2H3,(H,15,18)(H,16,19). The lowest BCUT2D eigenvalue weighted by Crippen LogP contribution is -2.28. The number of hydrogen-bond donors (Lipinski definition) is 2. The van der Waals surface area contributed by atoms with E-state index in [2.05, 4.69) is 15.3 Å². The number of H-pyrrole nitrogens is 1. The highest BCUT2D eigenvalue weighted by Crippen LogP contribution is 1.98. The topological polar surface area (TPSA) is 74.8 Å². The summed E-state index contributed by atoms with van der Waals surface area (Å²) in [4.78, 5) is 30.7. The van der Waals surface area contributed by atoms with Crippen LogP contribution in [0, 0.1) is 13.8 Å². The zero-order valence-corrected chi connectivity index (χ0v) is 10.9. The minimum atomic E-state index is -0.399. The molecule has 5 nitrogen and oxygen atoms in total. The van der Waals surface area contributed by atoms with Crippen LogP contribution in [0.15, 0.2) is 35.3 Å². The molecular weight excluding hydrogens is 242 g/mol. The van der Waals surface area contributed by atoms with Crippen molar-refractivity contribution in [1.29, 1.82) is 0 Å². The highest BCUT2D eigenvalue weighted by molar-refractivity contribution is 5.93. The lowest BCUT2D eigenvalue weighted by atomic mass is 10.2. The average Bonchev–Trinajstić information content (AvgIpc) is 2.36. The van der Waals surface area contributed by atoms with Gasteiger partial charge in [0.1, 0.15) is 5.56 Å². The molecule has 5 heteroatoms. The monoisotopic (exact) mass is 257 g/mol. The van der Waals surface area contributed by atoms with Gasteiger partial charge in [-0.15, -0.1) is 0 Å². The molecule has 2 rings (SSSR count). The van der Waals surface area contributed by atoms with Crippen LogP contribution in [0.1, 0.15) is 27.4 Å².